The van der Waals surface area contributed by atoms with Crippen LogP contribution in [-0.4, -0.2) is 51.9 Å². The van der Waals surface area contributed by atoms with Crippen LogP contribution >= 0.6 is 0 Å². The Kier molecular flexibility index (Phi) is 6.40. The first kappa shape index (κ1) is 23.5. The van der Waals surface area contributed by atoms with Crippen molar-refractivity contribution < 1.29 is 33.3 Å². The van der Waals surface area contributed by atoms with E-state index >= 15 is 4.39 Å². The molecule has 34 heavy (non-hydrogen) atoms. The summed E-state index contributed by atoms with van der Waals surface area (Å²) in [5.74, 6) is -4.49. The number of benzene rings is 1. The molecule has 1 fully saturated rings. The highest BCUT2D eigenvalue weighted by Gasteiger charge is 2.42. The minimum Gasteiger partial charge on any atom is -0.505 e. The number of carboxylic acids is 1. The second-order valence-corrected chi connectivity index (χ2v) is 8.18. The van der Waals surface area contributed by atoms with E-state index in [9.17, 15) is 24.2 Å². The Morgan fingerprint density at radius 3 is 2.59 bits per heavy atom. The van der Waals surface area contributed by atoms with E-state index in [1.54, 1.807) is 14.0 Å². The van der Waals surface area contributed by atoms with Gasteiger partial charge in [-0.05, 0) is 32.6 Å². The molecule has 2 amide bonds. The van der Waals surface area contributed by atoms with Gasteiger partial charge < -0.3 is 20.3 Å². The van der Waals surface area contributed by atoms with Crippen LogP contribution in [-0.2, 0) is 11.3 Å². The third-order valence-corrected chi connectivity index (χ3v) is 6.16. The van der Waals surface area contributed by atoms with Crippen LogP contribution in [0.3, 0.4) is 0 Å². The number of rotatable bonds is 6. The minimum atomic E-state index is -1.29. The van der Waals surface area contributed by atoms with Gasteiger partial charge in [-0.1, -0.05) is 0 Å². The van der Waals surface area contributed by atoms with Crippen LogP contribution in [0.4, 0.5) is 31.0 Å². The molecule has 3 N–H and O–H groups in total. The van der Waals surface area contributed by atoms with Crippen molar-refractivity contribution in [3.05, 3.63) is 29.5 Å². The third-order valence-electron chi connectivity index (χ3n) is 6.16. The van der Waals surface area contributed by atoms with Crippen molar-refractivity contribution in [3.63, 3.8) is 0 Å². The molecular formula is C22H25F2N5O5. The summed E-state index contributed by atoms with van der Waals surface area (Å²) < 4.78 is 35.4. The molecule has 182 valence electrons. The smallest absolute Gasteiger partial charge is 0.330 e. The SMILES string of the molecule is CCOc1cc(O)c(F)c(N2Cc3cnc(NC)nc3N(C3CCC(C(=O)O)CC3)C2=O)c1F. The highest BCUT2D eigenvalue weighted by molar-refractivity contribution is 6.06. The van der Waals surface area contributed by atoms with Crippen molar-refractivity contribution in [2.75, 3.05) is 28.8 Å². The van der Waals surface area contributed by atoms with Gasteiger partial charge in [0.05, 0.1) is 19.1 Å². The van der Waals surface area contributed by atoms with E-state index in [4.69, 9.17) is 4.74 Å². The van der Waals surface area contributed by atoms with E-state index in [2.05, 4.69) is 15.3 Å². The van der Waals surface area contributed by atoms with E-state index in [1.165, 1.54) is 11.1 Å². The lowest BCUT2D eigenvalue weighted by atomic mass is 9.85. The monoisotopic (exact) mass is 477 g/mol. The van der Waals surface area contributed by atoms with Crippen molar-refractivity contribution in [2.24, 2.45) is 5.92 Å². The summed E-state index contributed by atoms with van der Waals surface area (Å²) in [4.78, 5) is 35.9. The Bertz CT molecular complexity index is 1120. The van der Waals surface area contributed by atoms with E-state index in [1.807, 2.05) is 0 Å². The van der Waals surface area contributed by atoms with E-state index in [-0.39, 0.29) is 24.8 Å². The quantitative estimate of drug-likeness (QED) is 0.577. The van der Waals surface area contributed by atoms with Gasteiger partial charge in [-0.3, -0.25) is 14.6 Å². The van der Waals surface area contributed by atoms with Crippen LogP contribution in [0.15, 0.2) is 12.3 Å². The fourth-order valence-corrected chi connectivity index (χ4v) is 4.46. The molecule has 2 heterocycles. The van der Waals surface area contributed by atoms with E-state index < -0.39 is 47.0 Å². The van der Waals surface area contributed by atoms with Crippen LogP contribution in [0.25, 0.3) is 0 Å². The van der Waals surface area contributed by atoms with Gasteiger partial charge in [0, 0.05) is 30.9 Å². The first-order valence-electron chi connectivity index (χ1n) is 11.0. The Morgan fingerprint density at radius 1 is 1.26 bits per heavy atom. The standard InChI is InChI=1S/C22H25F2N5O5/c1-3-34-15-8-14(30)16(23)18(17(15)24)28-10-12-9-26-21(25-2)27-19(12)29(22(28)33)13-6-4-11(5-7-13)20(31)32/h8-9,11,13,30H,3-7,10H2,1-2H3,(H,31,32)(H,25,26,27). The molecule has 12 heteroatoms. The second kappa shape index (κ2) is 9.27. The topological polar surface area (TPSA) is 128 Å². The Labute approximate surface area is 194 Å². The minimum absolute atomic E-state index is 0.0673. The van der Waals surface area contributed by atoms with Crippen molar-refractivity contribution in [1.82, 2.24) is 9.97 Å². The molecule has 0 atom stereocenters. The predicted octanol–water partition coefficient (Wildman–Crippen LogP) is 3.49. The number of ether oxygens (including phenoxy) is 1. The van der Waals surface area contributed by atoms with Gasteiger partial charge in [0.2, 0.25) is 5.95 Å². The lowest BCUT2D eigenvalue weighted by Crippen LogP contribution is -2.54. The zero-order chi connectivity index (χ0) is 24.6. The zero-order valence-electron chi connectivity index (χ0n) is 18.7. The first-order valence-corrected chi connectivity index (χ1v) is 11.0. The van der Waals surface area contributed by atoms with Crippen LogP contribution in [0.1, 0.15) is 38.2 Å². The molecule has 0 saturated heterocycles. The molecule has 10 nitrogen and oxygen atoms in total. The van der Waals surface area contributed by atoms with Crippen LogP contribution in [0.5, 0.6) is 11.5 Å². The lowest BCUT2D eigenvalue weighted by molar-refractivity contribution is -0.142. The molecule has 0 bridgehead atoms. The van der Waals surface area contributed by atoms with Crippen molar-refractivity contribution >= 4 is 29.5 Å². The number of carbonyl (C=O) groups is 2. The number of nitrogens with one attached hydrogen (secondary N) is 1. The maximum atomic E-state index is 15.3. The first-order chi connectivity index (χ1) is 16.3. The van der Waals surface area contributed by atoms with Crippen LogP contribution in [0.2, 0.25) is 0 Å². The van der Waals surface area contributed by atoms with Gasteiger partial charge in [0.15, 0.2) is 23.1 Å². The van der Waals surface area contributed by atoms with Crippen molar-refractivity contribution in [2.45, 2.75) is 45.2 Å². The highest BCUT2D eigenvalue weighted by atomic mass is 19.1. The van der Waals surface area contributed by atoms with Crippen LogP contribution < -0.4 is 19.9 Å². The number of fused-ring (bicyclic) bond motifs is 1. The van der Waals surface area contributed by atoms with Gasteiger partial charge in [-0.25, -0.2) is 18.6 Å². The number of hydrogen-bond donors (Lipinski definition) is 3. The molecule has 0 radical (unpaired) electrons. The number of phenolic OH excluding ortho intramolecular Hbond substituents is 1. The molecule has 2 aromatic rings. The normalized spacial score (nSPS) is 20.2. The third kappa shape index (κ3) is 4.03. The number of urea groups is 1. The number of aromatic hydroxyl groups is 1. The summed E-state index contributed by atoms with van der Waals surface area (Å²) in [7, 11) is 1.62. The molecule has 1 aromatic heterocycles. The molecule has 4 rings (SSSR count). The molecule has 1 aliphatic heterocycles. The summed E-state index contributed by atoms with van der Waals surface area (Å²) in [5, 5.41) is 22.2. The lowest BCUT2D eigenvalue weighted by Gasteiger charge is -2.42. The zero-order valence-corrected chi connectivity index (χ0v) is 18.7. The molecule has 0 spiro atoms. The number of halogens is 2. The summed E-state index contributed by atoms with van der Waals surface area (Å²) in [5.41, 5.74) is -0.292. The van der Waals surface area contributed by atoms with Crippen molar-refractivity contribution in [3.8, 4) is 11.5 Å². The van der Waals surface area contributed by atoms with Crippen LogP contribution in [0, 0.1) is 17.6 Å². The van der Waals surface area contributed by atoms with E-state index in [0.29, 0.717) is 37.1 Å². The fourth-order valence-electron chi connectivity index (χ4n) is 4.46. The molecule has 0 unspecified atom stereocenters. The van der Waals surface area contributed by atoms with Gasteiger partial charge in [0.25, 0.3) is 0 Å². The Hall–Kier alpha value is -3.70. The second-order valence-electron chi connectivity index (χ2n) is 8.18. The maximum Gasteiger partial charge on any atom is 0.330 e. The number of aromatic nitrogens is 2. The summed E-state index contributed by atoms with van der Waals surface area (Å²) in [6.07, 6.45) is 2.93. The van der Waals surface area contributed by atoms with Gasteiger partial charge in [-0.2, -0.15) is 4.98 Å². The van der Waals surface area contributed by atoms with Gasteiger partial charge in [-0.15, -0.1) is 0 Å². The number of carbonyl (C=O) groups excluding carboxylic acids is 1. The number of anilines is 3. The summed E-state index contributed by atoms with van der Waals surface area (Å²) in [6.45, 7) is 1.44. The predicted molar refractivity (Wildman–Crippen MR) is 118 cm³/mol. The molecule has 2 aliphatic rings. The summed E-state index contributed by atoms with van der Waals surface area (Å²) >= 11 is 0. The number of nitrogens with zero attached hydrogens (tertiary/aromatic N) is 4. The number of aliphatic carboxylic acids is 1. The maximum absolute atomic E-state index is 15.3. The number of carboxylic acid groups (broad SMARTS) is 1. The Morgan fingerprint density at radius 2 is 1.97 bits per heavy atom. The number of hydrogen-bond acceptors (Lipinski definition) is 7. The average molecular weight is 477 g/mol. The largest absolute Gasteiger partial charge is 0.505 e. The van der Waals surface area contributed by atoms with Gasteiger partial charge in [0.1, 0.15) is 11.5 Å². The molecular weight excluding hydrogens is 452 g/mol. The number of amides is 2. The molecule has 1 aromatic carbocycles. The summed E-state index contributed by atoms with van der Waals surface area (Å²) in [6, 6.07) is -0.343. The number of phenols is 1. The average Bonchev–Trinajstić information content (AvgIpc) is 2.83. The van der Waals surface area contributed by atoms with Gasteiger partial charge >= 0.3 is 12.0 Å². The highest BCUT2D eigenvalue weighted by Crippen LogP contribution is 2.42. The van der Waals surface area contributed by atoms with Crippen molar-refractivity contribution in [1.29, 1.82) is 0 Å². The molecule has 1 saturated carbocycles. The molecule has 1 aliphatic carbocycles. The fraction of sp³-hybridized carbons (Fsp3) is 0.455. The Balaban J connectivity index is 1.79. The van der Waals surface area contributed by atoms with E-state index in [0.717, 1.165) is 11.0 Å².